The van der Waals surface area contributed by atoms with E-state index >= 15 is 0 Å². The smallest absolute Gasteiger partial charge is 0.225 e. The van der Waals surface area contributed by atoms with Gasteiger partial charge >= 0.3 is 0 Å². The highest BCUT2D eigenvalue weighted by Gasteiger charge is 2.30. The van der Waals surface area contributed by atoms with Gasteiger partial charge in [0, 0.05) is 24.0 Å². The van der Waals surface area contributed by atoms with Crippen molar-refractivity contribution < 1.29 is 4.79 Å². The molecule has 1 unspecified atom stereocenters. The summed E-state index contributed by atoms with van der Waals surface area (Å²) in [6.07, 6.45) is 0. The van der Waals surface area contributed by atoms with Crippen LogP contribution in [-0.4, -0.2) is 30.9 Å². The molecule has 1 heterocycles. The summed E-state index contributed by atoms with van der Waals surface area (Å²) in [6.45, 7) is 4.64. The van der Waals surface area contributed by atoms with Crippen LogP contribution in [-0.2, 0) is 11.3 Å². The molecule has 1 atom stereocenters. The van der Waals surface area contributed by atoms with Gasteiger partial charge < -0.3 is 10.2 Å². The second-order valence-corrected chi connectivity index (χ2v) is 5.95. The minimum Gasteiger partial charge on any atom is -0.341 e. The van der Waals surface area contributed by atoms with Crippen LogP contribution in [0.3, 0.4) is 0 Å². The SMILES string of the molecule is CC(C(=O)N(C)Cc1cccc(Br)c1)C1CNC1.Cl. The van der Waals surface area contributed by atoms with Gasteiger partial charge in [0.05, 0.1) is 0 Å². The van der Waals surface area contributed by atoms with Crippen LogP contribution in [0.4, 0.5) is 0 Å². The van der Waals surface area contributed by atoms with Gasteiger partial charge in [-0.15, -0.1) is 12.4 Å². The molecule has 1 aromatic rings. The zero-order valence-corrected chi connectivity index (χ0v) is 13.6. The number of nitrogens with zero attached hydrogens (tertiary/aromatic N) is 1. The maximum atomic E-state index is 12.3. The van der Waals surface area contributed by atoms with Gasteiger partial charge in [-0.1, -0.05) is 35.0 Å². The molecule has 0 aromatic heterocycles. The van der Waals surface area contributed by atoms with Crippen molar-refractivity contribution in [2.24, 2.45) is 11.8 Å². The van der Waals surface area contributed by atoms with E-state index in [-0.39, 0.29) is 24.2 Å². The molecular formula is C14H20BrClN2O. The average molecular weight is 348 g/mol. The highest BCUT2D eigenvalue weighted by molar-refractivity contribution is 9.10. The highest BCUT2D eigenvalue weighted by atomic mass is 79.9. The fourth-order valence-corrected chi connectivity index (χ4v) is 2.65. The lowest BCUT2D eigenvalue weighted by molar-refractivity contribution is -0.136. The summed E-state index contributed by atoms with van der Waals surface area (Å²) in [7, 11) is 1.88. The number of hydrogen-bond donors (Lipinski definition) is 1. The Morgan fingerprint density at radius 3 is 2.74 bits per heavy atom. The van der Waals surface area contributed by atoms with Crippen molar-refractivity contribution >= 4 is 34.2 Å². The molecule has 1 amide bonds. The molecule has 1 saturated heterocycles. The number of amides is 1. The Morgan fingerprint density at radius 1 is 1.53 bits per heavy atom. The summed E-state index contributed by atoms with van der Waals surface area (Å²) in [4.78, 5) is 14.1. The number of carbonyl (C=O) groups excluding carboxylic acids is 1. The molecule has 106 valence electrons. The number of carbonyl (C=O) groups is 1. The monoisotopic (exact) mass is 346 g/mol. The van der Waals surface area contributed by atoms with E-state index < -0.39 is 0 Å². The van der Waals surface area contributed by atoms with E-state index in [4.69, 9.17) is 0 Å². The zero-order valence-electron chi connectivity index (χ0n) is 11.2. The van der Waals surface area contributed by atoms with E-state index in [1.807, 2.05) is 37.1 Å². The van der Waals surface area contributed by atoms with Gasteiger partial charge in [0.2, 0.25) is 5.91 Å². The largest absolute Gasteiger partial charge is 0.341 e. The molecule has 0 bridgehead atoms. The van der Waals surface area contributed by atoms with Crippen LogP contribution >= 0.6 is 28.3 Å². The van der Waals surface area contributed by atoms with Crippen LogP contribution < -0.4 is 5.32 Å². The van der Waals surface area contributed by atoms with Gasteiger partial charge in [0.15, 0.2) is 0 Å². The van der Waals surface area contributed by atoms with Crippen molar-refractivity contribution in [3.63, 3.8) is 0 Å². The lowest BCUT2D eigenvalue weighted by atomic mass is 9.88. The van der Waals surface area contributed by atoms with Gasteiger partial charge in [-0.25, -0.2) is 0 Å². The first-order valence-corrected chi connectivity index (χ1v) is 7.07. The number of nitrogens with one attached hydrogen (secondary N) is 1. The number of halogens is 2. The second kappa shape index (κ2) is 7.27. The molecule has 0 saturated carbocycles. The quantitative estimate of drug-likeness (QED) is 0.908. The normalized spacial score (nSPS) is 16.2. The Morgan fingerprint density at radius 2 is 2.21 bits per heavy atom. The minimum atomic E-state index is 0. The molecule has 3 nitrogen and oxygen atoms in total. The van der Waals surface area contributed by atoms with Crippen molar-refractivity contribution in [3.8, 4) is 0 Å². The summed E-state index contributed by atoms with van der Waals surface area (Å²) in [5.74, 6) is 0.854. The molecule has 1 N–H and O–H groups in total. The Hall–Kier alpha value is -0.580. The van der Waals surface area contributed by atoms with E-state index in [0.717, 1.165) is 23.1 Å². The van der Waals surface area contributed by atoms with Crippen LogP contribution in [0.1, 0.15) is 12.5 Å². The highest BCUT2D eigenvalue weighted by Crippen LogP contribution is 2.19. The Balaban J connectivity index is 0.00000180. The lowest BCUT2D eigenvalue weighted by Crippen LogP contribution is -2.49. The van der Waals surface area contributed by atoms with Crippen LogP contribution in [0.5, 0.6) is 0 Å². The molecule has 1 aromatic carbocycles. The first kappa shape index (κ1) is 16.5. The fraction of sp³-hybridized carbons (Fsp3) is 0.500. The summed E-state index contributed by atoms with van der Waals surface area (Å²) in [5, 5.41) is 3.22. The number of benzene rings is 1. The maximum Gasteiger partial charge on any atom is 0.225 e. The summed E-state index contributed by atoms with van der Waals surface area (Å²) in [6, 6.07) is 8.09. The van der Waals surface area contributed by atoms with Gasteiger partial charge in [-0.3, -0.25) is 4.79 Å². The molecule has 19 heavy (non-hydrogen) atoms. The molecule has 0 spiro atoms. The predicted molar refractivity (Wildman–Crippen MR) is 83.4 cm³/mol. The van der Waals surface area contributed by atoms with Crippen molar-refractivity contribution in [1.29, 1.82) is 0 Å². The standard InChI is InChI=1S/C14H19BrN2O.ClH/c1-10(12-7-16-8-12)14(18)17(2)9-11-4-3-5-13(15)6-11;/h3-6,10,12,16H,7-9H2,1-2H3;1H. The lowest BCUT2D eigenvalue weighted by Gasteiger charge is -2.34. The molecule has 5 heteroatoms. The summed E-state index contributed by atoms with van der Waals surface area (Å²) in [5.41, 5.74) is 1.15. The van der Waals surface area contributed by atoms with Crippen molar-refractivity contribution in [2.45, 2.75) is 13.5 Å². The molecule has 2 rings (SSSR count). The van der Waals surface area contributed by atoms with Crippen LogP contribution in [0.25, 0.3) is 0 Å². The number of hydrogen-bond acceptors (Lipinski definition) is 2. The molecule has 1 fully saturated rings. The molecule has 0 radical (unpaired) electrons. The van der Waals surface area contributed by atoms with Crippen molar-refractivity contribution in [3.05, 3.63) is 34.3 Å². The van der Waals surface area contributed by atoms with Crippen molar-refractivity contribution in [2.75, 3.05) is 20.1 Å². The average Bonchev–Trinajstić information content (AvgIpc) is 2.25. The third-order valence-electron chi connectivity index (χ3n) is 3.59. The van der Waals surface area contributed by atoms with Crippen LogP contribution in [0.2, 0.25) is 0 Å². The van der Waals surface area contributed by atoms with E-state index in [1.54, 1.807) is 0 Å². The van der Waals surface area contributed by atoms with Gasteiger partial charge in [-0.2, -0.15) is 0 Å². The maximum absolute atomic E-state index is 12.3. The van der Waals surface area contributed by atoms with Gasteiger partial charge in [0.1, 0.15) is 0 Å². The predicted octanol–water partition coefficient (Wildman–Crippen LogP) is 2.68. The van der Waals surface area contributed by atoms with Crippen molar-refractivity contribution in [1.82, 2.24) is 10.2 Å². The Kier molecular flexibility index (Phi) is 6.30. The summed E-state index contributed by atoms with van der Waals surface area (Å²) < 4.78 is 1.05. The molecule has 1 aliphatic heterocycles. The van der Waals surface area contributed by atoms with Crippen LogP contribution in [0.15, 0.2) is 28.7 Å². The van der Waals surface area contributed by atoms with E-state index in [1.165, 1.54) is 0 Å². The molecule has 1 aliphatic rings. The first-order chi connectivity index (χ1) is 8.58. The topological polar surface area (TPSA) is 32.3 Å². The zero-order chi connectivity index (χ0) is 13.1. The third kappa shape index (κ3) is 4.20. The van der Waals surface area contributed by atoms with E-state index in [2.05, 4.69) is 27.3 Å². The van der Waals surface area contributed by atoms with E-state index in [0.29, 0.717) is 12.5 Å². The first-order valence-electron chi connectivity index (χ1n) is 6.28. The Bertz CT molecular complexity index is 437. The summed E-state index contributed by atoms with van der Waals surface area (Å²) >= 11 is 3.45. The molecular weight excluding hydrogens is 328 g/mol. The third-order valence-corrected chi connectivity index (χ3v) is 4.09. The van der Waals surface area contributed by atoms with Gasteiger partial charge in [-0.05, 0) is 36.7 Å². The van der Waals surface area contributed by atoms with Gasteiger partial charge in [0.25, 0.3) is 0 Å². The Labute approximate surface area is 129 Å². The fourth-order valence-electron chi connectivity index (χ4n) is 2.20. The number of rotatable bonds is 4. The van der Waals surface area contributed by atoms with Crippen LogP contribution in [0, 0.1) is 11.8 Å². The minimum absolute atomic E-state index is 0. The second-order valence-electron chi connectivity index (χ2n) is 5.03. The van der Waals surface area contributed by atoms with E-state index in [9.17, 15) is 4.79 Å². The molecule has 0 aliphatic carbocycles.